The third-order valence-electron chi connectivity index (χ3n) is 10.8. The molecule has 4 saturated carbocycles. The number of carbonyl (C=O) groups excluding carboxylic acids is 1. The average Bonchev–Trinajstić information content (AvgIpc) is 2.86. The van der Waals surface area contributed by atoms with Crippen molar-refractivity contribution in [2.24, 2.45) is 40.9 Å². The van der Waals surface area contributed by atoms with Crippen LogP contribution in [0.15, 0.2) is 18.2 Å². The van der Waals surface area contributed by atoms with Crippen molar-refractivity contribution < 1.29 is 37.2 Å². The van der Waals surface area contributed by atoms with E-state index in [0.717, 1.165) is 55.4 Å². The van der Waals surface area contributed by atoms with Crippen LogP contribution in [0.3, 0.4) is 0 Å². The van der Waals surface area contributed by atoms with E-state index < -0.39 is 17.5 Å². The number of nitrogens with one attached hydrogen (secondary N) is 1. The summed E-state index contributed by atoms with van der Waals surface area (Å²) < 4.78 is 33.3. The van der Waals surface area contributed by atoms with E-state index in [-0.39, 0.29) is 35.9 Å². The Bertz CT molecular complexity index is 944. The van der Waals surface area contributed by atoms with Crippen molar-refractivity contribution in [2.75, 3.05) is 13.2 Å². The van der Waals surface area contributed by atoms with Crippen LogP contribution in [0.25, 0.3) is 0 Å². The van der Waals surface area contributed by atoms with Gasteiger partial charge in [-0.2, -0.15) is 18.8 Å². The van der Waals surface area contributed by atoms with Gasteiger partial charge in [-0.15, -0.1) is 0 Å². The Balaban J connectivity index is 0.00000320. The quantitative estimate of drug-likeness (QED) is 0.459. The van der Waals surface area contributed by atoms with Crippen molar-refractivity contribution in [2.45, 2.75) is 91.0 Å². The number of carbonyl (C=O) groups is 1. The fourth-order valence-corrected chi connectivity index (χ4v) is 9.18. The van der Waals surface area contributed by atoms with Gasteiger partial charge in [0.1, 0.15) is 11.6 Å². The van der Waals surface area contributed by atoms with Crippen LogP contribution < -0.4 is 24.2 Å². The second-order valence-corrected chi connectivity index (χ2v) is 12.5. The molecule has 0 aliphatic heterocycles. The van der Waals surface area contributed by atoms with E-state index in [1.54, 1.807) is 0 Å². The molecule has 4 aliphatic rings. The number of halogens is 2. The van der Waals surface area contributed by atoms with Gasteiger partial charge in [0.15, 0.2) is 0 Å². The normalized spacial score (nSPS) is 36.4. The van der Waals surface area contributed by atoms with Crippen LogP contribution in [0.4, 0.5) is 8.78 Å². The molecule has 1 N–H and O–H groups in total. The molecule has 200 valence electrons. The largest absolute Gasteiger partial charge is 1.00 e. The van der Waals surface area contributed by atoms with Crippen LogP contribution in [0, 0.1) is 58.5 Å². The molecule has 6 heteroatoms. The van der Waals surface area contributed by atoms with Gasteiger partial charge in [-0.25, -0.2) is 8.78 Å². The molecular weight excluding hydrogens is 463 g/mol. The smallest absolute Gasteiger partial charge is 0.382 e. The summed E-state index contributed by atoms with van der Waals surface area (Å²) in [5, 5.41) is 3.11. The SMILES string of the molecule is CCOC[C@H]1CC[C@H]2[C-](CC[C@@H]3C2CC[C@@]2(C)C3CCC[C@@H]2[C@@H](C)NC(=O)c2ccc(F)cc2F)C1.[Li+]. The monoisotopic (exact) mass is 507 g/mol. The third kappa shape index (κ3) is 5.71. The standard InChI is InChI=1S/C31H44F2NO2.Li/c1-4-36-18-20-8-11-23-21(16-20)9-12-25-24(23)14-15-31(3)27(6-5-7-28(25)31)19(2)34-30(35)26-13-10-22(32)17-29(26)33;/h10,13,17,19-20,23-25,27-28H,4-9,11-12,14-16,18H2,1-3H3,(H,34,35);/q-1;+1/t19-,20+,23+,24?,25-,27-,28?,31-;/m1./s1. The second-order valence-electron chi connectivity index (χ2n) is 12.5. The number of ether oxygens (including phenoxy) is 1. The predicted octanol–water partition coefficient (Wildman–Crippen LogP) is 4.36. The summed E-state index contributed by atoms with van der Waals surface area (Å²) in [7, 11) is 0. The molecule has 0 spiro atoms. The molecule has 0 bridgehead atoms. The molecule has 0 saturated heterocycles. The summed E-state index contributed by atoms with van der Waals surface area (Å²) in [5.41, 5.74) is 0.136. The summed E-state index contributed by atoms with van der Waals surface area (Å²) >= 11 is 0. The van der Waals surface area contributed by atoms with Gasteiger partial charge >= 0.3 is 18.9 Å². The number of hydrogen-bond donors (Lipinski definition) is 1. The van der Waals surface area contributed by atoms with E-state index in [2.05, 4.69) is 26.1 Å². The fourth-order valence-electron chi connectivity index (χ4n) is 9.18. The first-order valence-electron chi connectivity index (χ1n) is 14.5. The molecule has 1 amide bonds. The minimum absolute atomic E-state index is 0. The molecular formula is C31H44F2LiNO2. The minimum Gasteiger partial charge on any atom is -0.382 e. The van der Waals surface area contributed by atoms with E-state index in [0.29, 0.717) is 11.8 Å². The molecule has 0 aromatic heterocycles. The summed E-state index contributed by atoms with van der Waals surface area (Å²) in [6.45, 7) is 8.41. The molecule has 0 radical (unpaired) electrons. The van der Waals surface area contributed by atoms with E-state index in [4.69, 9.17) is 4.74 Å². The van der Waals surface area contributed by atoms with Crippen molar-refractivity contribution in [3.63, 3.8) is 0 Å². The summed E-state index contributed by atoms with van der Waals surface area (Å²) in [6.07, 6.45) is 12.7. The molecule has 5 rings (SSSR count). The van der Waals surface area contributed by atoms with Gasteiger partial charge in [-0.05, 0) is 74.3 Å². The number of hydrogen-bond acceptors (Lipinski definition) is 2. The Kier molecular flexibility index (Phi) is 9.51. The topological polar surface area (TPSA) is 38.3 Å². The number of benzene rings is 1. The Morgan fingerprint density at radius 2 is 1.97 bits per heavy atom. The zero-order valence-corrected chi connectivity index (χ0v) is 23.3. The van der Waals surface area contributed by atoms with Crippen LogP contribution in [0.5, 0.6) is 0 Å². The molecule has 37 heavy (non-hydrogen) atoms. The van der Waals surface area contributed by atoms with Gasteiger partial charge in [-0.1, -0.05) is 44.9 Å². The predicted molar refractivity (Wildman–Crippen MR) is 138 cm³/mol. The summed E-state index contributed by atoms with van der Waals surface area (Å²) in [6, 6.07) is 3.16. The van der Waals surface area contributed by atoms with Crippen molar-refractivity contribution >= 4 is 5.91 Å². The second kappa shape index (κ2) is 12.1. The van der Waals surface area contributed by atoms with Gasteiger partial charge in [0.25, 0.3) is 5.91 Å². The molecule has 3 nitrogen and oxygen atoms in total. The average molecular weight is 508 g/mol. The van der Waals surface area contributed by atoms with Crippen LogP contribution in [0.1, 0.15) is 95.3 Å². The molecule has 2 unspecified atom stereocenters. The molecule has 1 aromatic rings. The minimum atomic E-state index is -0.793. The number of amides is 1. The third-order valence-corrected chi connectivity index (χ3v) is 10.8. The Morgan fingerprint density at radius 3 is 2.73 bits per heavy atom. The first-order valence-corrected chi connectivity index (χ1v) is 14.5. The Morgan fingerprint density at radius 1 is 1.16 bits per heavy atom. The van der Waals surface area contributed by atoms with Gasteiger partial charge < -0.3 is 16.0 Å². The van der Waals surface area contributed by atoms with Crippen LogP contribution in [0.2, 0.25) is 0 Å². The maximum Gasteiger partial charge on any atom is 1.00 e. The zero-order valence-electron chi connectivity index (χ0n) is 23.3. The Labute approximate surface area is 234 Å². The van der Waals surface area contributed by atoms with E-state index in [9.17, 15) is 13.6 Å². The molecule has 4 aliphatic carbocycles. The van der Waals surface area contributed by atoms with Gasteiger partial charge in [0.2, 0.25) is 0 Å². The summed E-state index contributed by atoms with van der Waals surface area (Å²) in [4.78, 5) is 12.9. The maximum atomic E-state index is 14.2. The van der Waals surface area contributed by atoms with Crippen molar-refractivity contribution in [3.8, 4) is 0 Å². The maximum absolute atomic E-state index is 14.2. The van der Waals surface area contributed by atoms with E-state index in [1.807, 2.05) is 5.92 Å². The van der Waals surface area contributed by atoms with Crippen molar-refractivity contribution in [1.29, 1.82) is 0 Å². The van der Waals surface area contributed by atoms with Crippen LogP contribution in [-0.2, 0) is 4.74 Å². The van der Waals surface area contributed by atoms with Crippen molar-refractivity contribution in [3.05, 3.63) is 41.3 Å². The summed E-state index contributed by atoms with van der Waals surface area (Å²) in [5.74, 6) is 4.20. The van der Waals surface area contributed by atoms with Gasteiger partial charge in [-0.3, -0.25) is 4.79 Å². The van der Waals surface area contributed by atoms with Gasteiger partial charge in [0, 0.05) is 25.3 Å². The van der Waals surface area contributed by atoms with Crippen LogP contribution >= 0.6 is 0 Å². The Hall–Kier alpha value is -0.893. The zero-order chi connectivity index (χ0) is 25.4. The van der Waals surface area contributed by atoms with Crippen molar-refractivity contribution in [1.82, 2.24) is 5.32 Å². The van der Waals surface area contributed by atoms with Gasteiger partial charge in [0.05, 0.1) is 5.56 Å². The first kappa shape index (κ1) is 29.1. The van der Waals surface area contributed by atoms with E-state index in [1.165, 1.54) is 63.9 Å². The number of fused-ring (bicyclic) bond motifs is 5. The molecule has 8 atom stereocenters. The van der Waals surface area contributed by atoms with Crippen LogP contribution in [-0.4, -0.2) is 25.2 Å². The van der Waals surface area contributed by atoms with E-state index >= 15 is 0 Å². The number of rotatable bonds is 6. The molecule has 0 heterocycles. The first-order chi connectivity index (χ1) is 17.3. The molecule has 1 aromatic carbocycles. The fraction of sp³-hybridized carbons (Fsp3) is 0.742. The molecule has 4 fully saturated rings.